The molecular weight excluding hydrogens is 400 g/mol. The molecule has 1 saturated heterocycles. The summed E-state index contributed by atoms with van der Waals surface area (Å²) in [4.78, 5) is 12.0. The van der Waals surface area contributed by atoms with E-state index in [9.17, 15) is 4.79 Å². The molecule has 1 heterocycles. The fraction of sp³-hybridized carbons (Fsp3) is 0.864. The third-order valence-corrected chi connectivity index (χ3v) is 16.4. The summed E-state index contributed by atoms with van der Waals surface area (Å²) in [5, 5.41) is 0.199. The van der Waals surface area contributed by atoms with Crippen molar-refractivity contribution in [3.8, 4) is 0 Å². The largest absolute Gasteiger partial charge is 0.466 e. The second-order valence-electron chi connectivity index (χ2n) is 11.7. The highest BCUT2D eigenvalue weighted by Crippen LogP contribution is 2.52. The lowest BCUT2D eigenvalue weighted by Gasteiger charge is -2.47. The Morgan fingerprint density at radius 1 is 0.966 bits per heavy atom. The molecule has 0 unspecified atom stereocenters. The summed E-state index contributed by atoms with van der Waals surface area (Å²) in [6.07, 6.45) is 2.82. The van der Waals surface area contributed by atoms with Crippen molar-refractivity contribution >= 4 is 22.6 Å². The van der Waals surface area contributed by atoms with Crippen LogP contribution in [-0.4, -0.2) is 54.1 Å². The number of methoxy groups -OCH3 is 1. The summed E-state index contributed by atoms with van der Waals surface area (Å²) in [6.45, 7) is 23.2. The van der Waals surface area contributed by atoms with E-state index in [0.29, 0.717) is 19.4 Å². The van der Waals surface area contributed by atoms with Crippen molar-refractivity contribution in [2.75, 3.05) is 13.7 Å². The summed E-state index contributed by atoms with van der Waals surface area (Å²) < 4.78 is 24.7. The molecule has 5 nitrogen and oxygen atoms in total. The number of carbonyl (C=O) groups excluding carboxylic acids is 1. The molecule has 2 rings (SSSR count). The number of ether oxygens (including phenoxy) is 2. The number of hydrogen-bond donors (Lipinski definition) is 0. The zero-order valence-electron chi connectivity index (χ0n) is 20.4. The minimum atomic E-state index is -2.01. The van der Waals surface area contributed by atoms with Crippen LogP contribution in [0.25, 0.3) is 0 Å². The van der Waals surface area contributed by atoms with Gasteiger partial charge in [0.25, 0.3) is 0 Å². The average Bonchev–Trinajstić information content (AvgIpc) is 3.31. The van der Waals surface area contributed by atoms with Crippen LogP contribution in [0.15, 0.2) is 11.6 Å². The highest BCUT2D eigenvalue weighted by atomic mass is 28.4. The first kappa shape index (κ1) is 24.8. The number of rotatable bonds is 5. The predicted molar refractivity (Wildman–Crippen MR) is 122 cm³/mol. The van der Waals surface area contributed by atoms with Gasteiger partial charge in [0.1, 0.15) is 5.60 Å². The lowest BCUT2D eigenvalue weighted by atomic mass is 9.81. The van der Waals surface area contributed by atoms with Gasteiger partial charge < -0.3 is 18.3 Å². The molecule has 0 bridgehead atoms. The quantitative estimate of drug-likeness (QED) is 0.246. The van der Waals surface area contributed by atoms with Gasteiger partial charge >= 0.3 is 5.97 Å². The van der Waals surface area contributed by atoms with Crippen molar-refractivity contribution in [2.24, 2.45) is 0 Å². The number of esters is 1. The van der Waals surface area contributed by atoms with Crippen molar-refractivity contribution in [1.82, 2.24) is 0 Å². The van der Waals surface area contributed by atoms with E-state index >= 15 is 0 Å². The molecule has 0 amide bonds. The number of carbonyl (C=O) groups is 1. The first-order chi connectivity index (χ1) is 13.0. The molecule has 2 atom stereocenters. The lowest BCUT2D eigenvalue weighted by Crippen LogP contribution is -2.57. The predicted octanol–water partition coefficient (Wildman–Crippen LogP) is 5.43. The highest BCUT2D eigenvalue weighted by molar-refractivity contribution is 6.74. The molecule has 0 radical (unpaired) electrons. The van der Waals surface area contributed by atoms with E-state index in [0.717, 1.165) is 5.57 Å². The van der Waals surface area contributed by atoms with E-state index in [4.69, 9.17) is 18.3 Å². The normalized spacial score (nSPS) is 28.4. The third kappa shape index (κ3) is 5.24. The van der Waals surface area contributed by atoms with Crippen molar-refractivity contribution < 1.29 is 23.1 Å². The molecule has 0 N–H and O–H groups in total. The number of epoxide rings is 1. The van der Waals surface area contributed by atoms with Crippen molar-refractivity contribution in [3.05, 3.63) is 11.6 Å². The Bertz CT molecular complexity index is 609. The Balaban J connectivity index is 2.38. The molecule has 0 aromatic carbocycles. The minimum Gasteiger partial charge on any atom is -0.466 e. The molecule has 29 heavy (non-hydrogen) atoms. The van der Waals surface area contributed by atoms with Gasteiger partial charge in [0.05, 0.1) is 25.9 Å². The first-order valence-corrected chi connectivity index (χ1v) is 16.5. The Kier molecular flexibility index (Phi) is 6.75. The van der Waals surface area contributed by atoms with Crippen LogP contribution in [0, 0.1) is 0 Å². The van der Waals surface area contributed by atoms with Crippen LogP contribution in [0.2, 0.25) is 36.3 Å². The van der Waals surface area contributed by atoms with Gasteiger partial charge in [-0.2, -0.15) is 0 Å². The topological polar surface area (TPSA) is 57.3 Å². The Hall–Kier alpha value is -0.476. The monoisotopic (exact) mass is 442 g/mol. The van der Waals surface area contributed by atoms with Crippen LogP contribution in [0.5, 0.6) is 0 Å². The Labute approximate surface area is 179 Å². The summed E-state index contributed by atoms with van der Waals surface area (Å²) in [5.74, 6) is -0.315. The molecule has 0 aromatic heterocycles. The maximum absolute atomic E-state index is 12.0. The fourth-order valence-electron chi connectivity index (χ4n) is 3.26. The van der Waals surface area contributed by atoms with E-state index < -0.39 is 22.2 Å². The van der Waals surface area contributed by atoms with Crippen LogP contribution in [0.4, 0.5) is 0 Å². The van der Waals surface area contributed by atoms with Gasteiger partial charge in [0, 0.05) is 6.08 Å². The molecule has 0 aromatic rings. The second kappa shape index (κ2) is 7.89. The summed E-state index contributed by atoms with van der Waals surface area (Å²) in [7, 11) is -2.61. The van der Waals surface area contributed by atoms with E-state index in [1.54, 1.807) is 6.08 Å². The highest BCUT2D eigenvalue weighted by Gasteiger charge is 2.63. The lowest BCUT2D eigenvalue weighted by molar-refractivity contribution is -0.135. The molecule has 1 saturated carbocycles. The zero-order chi connectivity index (χ0) is 22.5. The van der Waals surface area contributed by atoms with Crippen molar-refractivity contribution in [2.45, 2.75) is 108 Å². The van der Waals surface area contributed by atoms with Crippen LogP contribution in [0.3, 0.4) is 0 Å². The maximum atomic E-state index is 12.0. The van der Waals surface area contributed by atoms with Crippen molar-refractivity contribution in [3.63, 3.8) is 0 Å². The van der Waals surface area contributed by atoms with Gasteiger partial charge in [0.2, 0.25) is 0 Å². The minimum absolute atomic E-state index is 0.0946. The molecule has 2 fully saturated rings. The average molecular weight is 443 g/mol. The Morgan fingerprint density at radius 3 is 1.62 bits per heavy atom. The van der Waals surface area contributed by atoms with Crippen LogP contribution < -0.4 is 0 Å². The number of hydrogen-bond acceptors (Lipinski definition) is 5. The van der Waals surface area contributed by atoms with Gasteiger partial charge in [-0.15, -0.1) is 0 Å². The molecule has 168 valence electrons. The van der Waals surface area contributed by atoms with Crippen LogP contribution in [0.1, 0.15) is 54.4 Å². The molecule has 2 aliphatic rings. The maximum Gasteiger partial charge on any atom is 0.330 e. The molecular formula is C22H42O5Si2. The van der Waals surface area contributed by atoms with Gasteiger partial charge in [-0.05, 0) is 49.1 Å². The van der Waals surface area contributed by atoms with Crippen molar-refractivity contribution in [1.29, 1.82) is 0 Å². The smallest absolute Gasteiger partial charge is 0.330 e. The van der Waals surface area contributed by atoms with Crippen LogP contribution >= 0.6 is 0 Å². The van der Waals surface area contributed by atoms with Gasteiger partial charge in [-0.1, -0.05) is 47.1 Å². The fourth-order valence-corrected chi connectivity index (χ4v) is 5.95. The van der Waals surface area contributed by atoms with E-state index in [1.807, 2.05) is 0 Å². The SMILES string of the molecule is COC(=O)C=C1C[C@@H](O[Si](C)(C)C(C)(C)C)C2(CO2)[C@H](O[Si](C)(C)C(C)(C)C)C1. The van der Waals surface area contributed by atoms with Gasteiger partial charge in [-0.25, -0.2) is 4.79 Å². The van der Waals surface area contributed by atoms with Gasteiger partial charge in [0.15, 0.2) is 16.6 Å². The van der Waals surface area contributed by atoms with E-state index in [-0.39, 0.29) is 28.3 Å². The Morgan fingerprint density at radius 2 is 1.34 bits per heavy atom. The zero-order valence-corrected chi connectivity index (χ0v) is 22.4. The summed E-state index contributed by atoms with van der Waals surface area (Å²) in [5.41, 5.74) is 0.642. The van der Waals surface area contributed by atoms with Gasteiger partial charge in [-0.3, -0.25) is 0 Å². The van der Waals surface area contributed by atoms with Crippen LogP contribution in [-0.2, 0) is 23.1 Å². The summed E-state index contributed by atoms with van der Waals surface area (Å²) >= 11 is 0. The third-order valence-electron chi connectivity index (χ3n) is 7.47. The molecule has 7 heteroatoms. The molecule has 1 aliphatic heterocycles. The second-order valence-corrected chi connectivity index (χ2v) is 21.2. The molecule has 1 aliphatic carbocycles. The standard InChI is InChI=1S/C22H42O5Si2/c1-20(2,3)28(8,9)26-17-12-16(14-19(23)24-7)13-18(22(17)15-25-22)27-29(10,11)21(4,5)6/h14,17-18H,12-13,15H2,1-11H3/t17-,18-,22?/m1/s1. The molecule has 1 spiro atoms. The van der Waals surface area contributed by atoms with E-state index in [2.05, 4.69) is 67.7 Å². The van der Waals surface area contributed by atoms with E-state index in [1.165, 1.54) is 7.11 Å². The first-order valence-electron chi connectivity index (χ1n) is 10.7. The summed E-state index contributed by atoms with van der Waals surface area (Å²) in [6, 6.07) is 0.